The van der Waals surface area contributed by atoms with Crippen molar-refractivity contribution in [2.24, 2.45) is 5.73 Å². The van der Waals surface area contributed by atoms with Crippen LogP contribution in [0.15, 0.2) is 91.3 Å². The second-order valence-electron chi connectivity index (χ2n) is 7.33. The van der Waals surface area contributed by atoms with Gasteiger partial charge in [-0.3, -0.25) is 14.2 Å². The molecule has 9 heteroatoms. The molecule has 4 aromatic rings. The van der Waals surface area contributed by atoms with E-state index in [9.17, 15) is 4.79 Å². The number of nitrogens with two attached hydrogens (primary N) is 1. The fraction of sp³-hybridized carbons (Fsp3) is 0.0800. The Morgan fingerprint density at radius 1 is 1.15 bits per heavy atom. The van der Waals surface area contributed by atoms with Gasteiger partial charge < -0.3 is 16.4 Å². The van der Waals surface area contributed by atoms with Gasteiger partial charge >= 0.3 is 0 Å². The number of nitrogens with one attached hydrogen (secondary N) is 2. The number of carbonyl (C=O) groups is 1. The number of aryl methyl sites for hydroxylation is 1. The molecule has 0 atom stereocenters. The largest absolute Gasteiger partial charge is 0.397 e. The Bertz CT molecular complexity index is 1420. The van der Waals surface area contributed by atoms with Gasteiger partial charge in [0.25, 0.3) is 5.91 Å². The van der Waals surface area contributed by atoms with Gasteiger partial charge in [-0.1, -0.05) is 18.7 Å². The molecule has 3 heterocycles. The van der Waals surface area contributed by atoms with E-state index in [1.807, 2.05) is 23.6 Å². The summed E-state index contributed by atoms with van der Waals surface area (Å²) in [6.45, 7) is 7.38. The molecule has 4 rings (SSSR count). The molecule has 0 aliphatic carbocycles. The minimum atomic E-state index is -0.278. The highest BCUT2D eigenvalue weighted by Crippen LogP contribution is 2.24. The maximum atomic E-state index is 12.6. The van der Waals surface area contributed by atoms with Crippen molar-refractivity contribution in [3.05, 3.63) is 103 Å². The van der Waals surface area contributed by atoms with Crippen molar-refractivity contribution in [3.8, 4) is 11.4 Å². The number of allylic oxidation sites excluding steroid dienone is 3. The number of aromatic nitrogens is 5. The van der Waals surface area contributed by atoms with Crippen molar-refractivity contribution >= 4 is 23.2 Å². The third-order valence-electron chi connectivity index (χ3n) is 5.06. The first-order chi connectivity index (χ1) is 16.5. The fourth-order valence-electron chi connectivity index (χ4n) is 3.40. The summed E-state index contributed by atoms with van der Waals surface area (Å²) in [5.74, 6) is 0.149. The van der Waals surface area contributed by atoms with E-state index in [0.717, 1.165) is 28.4 Å². The topological polar surface area (TPSA) is 123 Å². The van der Waals surface area contributed by atoms with Crippen molar-refractivity contribution < 1.29 is 4.79 Å². The highest BCUT2D eigenvalue weighted by Gasteiger charge is 2.13. The number of amides is 1. The molecule has 1 aromatic carbocycles. The number of benzene rings is 1. The molecule has 0 saturated carbocycles. The summed E-state index contributed by atoms with van der Waals surface area (Å²) in [5, 5.41) is 5.98. The van der Waals surface area contributed by atoms with Crippen molar-refractivity contribution in [2.45, 2.75) is 13.8 Å². The van der Waals surface area contributed by atoms with Crippen molar-refractivity contribution in [1.82, 2.24) is 29.7 Å². The summed E-state index contributed by atoms with van der Waals surface area (Å²) >= 11 is 0. The zero-order chi connectivity index (χ0) is 24.1. The average molecular weight is 453 g/mol. The molecule has 0 fully saturated rings. The molecule has 0 saturated heterocycles. The predicted molar refractivity (Wildman–Crippen MR) is 132 cm³/mol. The second kappa shape index (κ2) is 9.78. The van der Waals surface area contributed by atoms with Crippen LogP contribution >= 0.6 is 0 Å². The summed E-state index contributed by atoms with van der Waals surface area (Å²) in [7, 11) is 0. The van der Waals surface area contributed by atoms with Gasteiger partial charge in [-0.15, -0.1) is 0 Å². The van der Waals surface area contributed by atoms with E-state index in [-0.39, 0.29) is 5.91 Å². The summed E-state index contributed by atoms with van der Waals surface area (Å²) < 4.78 is 1.94. The van der Waals surface area contributed by atoms with Crippen LogP contribution in [0.3, 0.4) is 0 Å². The molecular formula is C25H24N8O. The van der Waals surface area contributed by atoms with Crippen molar-refractivity contribution in [1.29, 1.82) is 0 Å². The third kappa shape index (κ3) is 4.68. The number of hydrogen-bond acceptors (Lipinski definition) is 7. The van der Waals surface area contributed by atoms with E-state index in [1.165, 1.54) is 0 Å². The summed E-state index contributed by atoms with van der Waals surface area (Å²) in [5.41, 5.74) is 11.3. The van der Waals surface area contributed by atoms with Crippen LogP contribution in [0, 0.1) is 6.92 Å². The van der Waals surface area contributed by atoms with E-state index in [2.05, 4.69) is 37.1 Å². The van der Waals surface area contributed by atoms with Crippen LogP contribution in [-0.4, -0.2) is 30.2 Å². The molecule has 0 aliphatic heterocycles. The Morgan fingerprint density at radius 3 is 2.68 bits per heavy atom. The number of nitrogens with zero attached hydrogens (tertiary/aromatic N) is 5. The number of fused-ring (bicyclic) bond motifs is 1. The quantitative estimate of drug-likeness (QED) is 0.363. The molecule has 0 bridgehead atoms. The van der Waals surface area contributed by atoms with Gasteiger partial charge in [0.1, 0.15) is 0 Å². The smallest absolute Gasteiger partial charge is 0.255 e. The number of hydrogen-bond donors (Lipinski definition) is 3. The predicted octanol–water partition coefficient (Wildman–Crippen LogP) is 3.90. The molecule has 1 amide bonds. The Labute approximate surface area is 196 Å². The Balaban J connectivity index is 1.52. The Kier molecular flexibility index (Phi) is 6.45. The fourth-order valence-corrected chi connectivity index (χ4v) is 3.40. The van der Waals surface area contributed by atoms with Gasteiger partial charge in [0, 0.05) is 29.8 Å². The SMILES string of the molecule is C=C/C=C(NC(=O)c1ccc(Nc2nccc(-c3c(C)nc4cnccn34)n2)cc1)\C(N)=C/C. The lowest BCUT2D eigenvalue weighted by Crippen LogP contribution is -2.26. The molecule has 170 valence electrons. The van der Waals surface area contributed by atoms with Gasteiger partial charge in [-0.2, -0.15) is 0 Å². The monoisotopic (exact) mass is 452 g/mol. The third-order valence-corrected chi connectivity index (χ3v) is 5.06. The Hall–Kier alpha value is -4.79. The van der Waals surface area contributed by atoms with E-state index in [1.54, 1.807) is 68.0 Å². The Morgan fingerprint density at radius 2 is 1.94 bits per heavy atom. The number of anilines is 2. The highest BCUT2D eigenvalue weighted by molar-refractivity contribution is 5.96. The molecule has 3 aromatic heterocycles. The zero-order valence-electron chi connectivity index (χ0n) is 18.9. The second-order valence-corrected chi connectivity index (χ2v) is 7.33. The first-order valence-electron chi connectivity index (χ1n) is 10.6. The van der Waals surface area contributed by atoms with E-state index >= 15 is 0 Å². The van der Waals surface area contributed by atoms with Crippen LogP contribution in [0.4, 0.5) is 11.6 Å². The molecule has 4 N–H and O–H groups in total. The number of rotatable bonds is 7. The number of imidazole rings is 1. The molecule has 0 aliphatic rings. The van der Waals surface area contributed by atoms with Gasteiger partial charge in [0.15, 0.2) is 5.65 Å². The van der Waals surface area contributed by atoms with Crippen LogP contribution in [0.2, 0.25) is 0 Å². The molecule has 0 spiro atoms. The van der Waals surface area contributed by atoms with E-state index in [4.69, 9.17) is 5.73 Å². The van der Waals surface area contributed by atoms with Crippen LogP contribution in [0.1, 0.15) is 23.0 Å². The van der Waals surface area contributed by atoms with Crippen LogP contribution in [-0.2, 0) is 0 Å². The van der Waals surface area contributed by atoms with E-state index < -0.39 is 0 Å². The van der Waals surface area contributed by atoms with Crippen molar-refractivity contribution in [2.75, 3.05) is 5.32 Å². The van der Waals surface area contributed by atoms with Crippen LogP contribution in [0.5, 0.6) is 0 Å². The van der Waals surface area contributed by atoms with Gasteiger partial charge in [-0.05, 0) is 50.3 Å². The van der Waals surface area contributed by atoms with Crippen LogP contribution in [0.25, 0.3) is 17.0 Å². The minimum absolute atomic E-state index is 0.278. The summed E-state index contributed by atoms with van der Waals surface area (Å²) in [6.07, 6.45) is 11.9. The molecule has 34 heavy (non-hydrogen) atoms. The van der Waals surface area contributed by atoms with Gasteiger partial charge in [0.05, 0.1) is 34.7 Å². The number of carbonyl (C=O) groups excluding carboxylic acids is 1. The van der Waals surface area contributed by atoms with Crippen LogP contribution < -0.4 is 16.4 Å². The molecular weight excluding hydrogens is 428 g/mol. The van der Waals surface area contributed by atoms with Gasteiger partial charge in [0.2, 0.25) is 5.95 Å². The lowest BCUT2D eigenvalue weighted by atomic mass is 10.1. The summed E-state index contributed by atoms with van der Waals surface area (Å²) in [6, 6.07) is 8.82. The normalized spacial score (nSPS) is 11.9. The highest BCUT2D eigenvalue weighted by atomic mass is 16.1. The summed E-state index contributed by atoms with van der Waals surface area (Å²) in [4.78, 5) is 30.2. The molecule has 0 radical (unpaired) electrons. The molecule has 9 nitrogen and oxygen atoms in total. The van der Waals surface area contributed by atoms with E-state index in [0.29, 0.717) is 22.9 Å². The first-order valence-corrected chi connectivity index (χ1v) is 10.6. The first kappa shape index (κ1) is 22.4. The van der Waals surface area contributed by atoms with Gasteiger partial charge in [-0.25, -0.2) is 15.0 Å². The standard InChI is InChI=1S/C25H24N8O/c1-4-6-20(19(26)5-2)31-24(34)17-7-9-18(10-8-17)30-25-28-12-11-21(32-25)23-16(3)29-22-15-27-13-14-33(22)23/h4-15H,1,26H2,2-3H3,(H,31,34)(H,28,30,32)/b19-5+,20-6+. The molecule has 0 unspecified atom stereocenters. The maximum absolute atomic E-state index is 12.6. The lowest BCUT2D eigenvalue weighted by molar-refractivity contribution is 0.0966. The van der Waals surface area contributed by atoms with Crippen molar-refractivity contribution in [3.63, 3.8) is 0 Å². The minimum Gasteiger partial charge on any atom is -0.397 e. The maximum Gasteiger partial charge on any atom is 0.255 e. The zero-order valence-corrected chi connectivity index (χ0v) is 18.9. The average Bonchev–Trinajstić information content (AvgIpc) is 3.19. The lowest BCUT2D eigenvalue weighted by Gasteiger charge is -2.11.